The average Bonchev–Trinajstić information content (AvgIpc) is 2.40. The molecule has 2 N–H and O–H groups in total. The Kier molecular flexibility index (Phi) is 3.56. The van der Waals surface area contributed by atoms with Crippen LogP contribution in [0.15, 0.2) is 39.7 Å². The molecule has 0 radical (unpaired) electrons. The molecule has 5 heteroatoms. The molecule has 19 heavy (non-hydrogen) atoms. The summed E-state index contributed by atoms with van der Waals surface area (Å²) in [7, 11) is 1.46. The number of rotatable bonds is 3. The van der Waals surface area contributed by atoms with Crippen LogP contribution in [0, 0.1) is 0 Å². The van der Waals surface area contributed by atoms with Crippen molar-refractivity contribution in [2.75, 3.05) is 7.11 Å². The summed E-state index contributed by atoms with van der Waals surface area (Å²) in [5, 5.41) is 19.1. The number of ether oxygens (including phenoxy) is 1. The number of hydrogen-bond acceptors (Lipinski definition) is 5. The number of aromatic hydroxyl groups is 2. The van der Waals surface area contributed by atoms with Crippen molar-refractivity contribution in [2.45, 2.75) is 0 Å². The molecule has 0 atom stereocenters. The highest BCUT2D eigenvalue weighted by Gasteiger charge is 2.04. The zero-order valence-electron chi connectivity index (χ0n) is 10.2. The molecule has 98 valence electrons. The maximum Gasteiger partial charge on any atom is 0.227 e. The van der Waals surface area contributed by atoms with Gasteiger partial charge in [-0.05, 0) is 23.8 Å². The Balaban J connectivity index is 2.30. The third kappa shape index (κ3) is 2.77. The van der Waals surface area contributed by atoms with Crippen molar-refractivity contribution < 1.29 is 19.4 Å². The summed E-state index contributed by atoms with van der Waals surface area (Å²) in [5.41, 5.74) is 0.160. The van der Waals surface area contributed by atoms with Gasteiger partial charge in [-0.3, -0.25) is 4.79 Å². The lowest BCUT2D eigenvalue weighted by molar-refractivity contribution is 0.373. The number of hydrogen-bond donors (Lipinski definition) is 2. The summed E-state index contributed by atoms with van der Waals surface area (Å²) >= 11 is 0. The van der Waals surface area contributed by atoms with Crippen molar-refractivity contribution >= 4 is 12.2 Å². The molecule has 0 unspecified atom stereocenters. The van der Waals surface area contributed by atoms with Gasteiger partial charge in [0.15, 0.2) is 17.3 Å². The molecule has 0 bridgehead atoms. The molecule has 0 aliphatic rings. The summed E-state index contributed by atoms with van der Waals surface area (Å²) < 4.78 is 9.94. The van der Waals surface area contributed by atoms with Gasteiger partial charge in [0.2, 0.25) is 11.2 Å². The molecule has 1 aromatic carbocycles. The van der Waals surface area contributed by atoms with Gasteiger partial charge in [0.25, 0.3) is 0 Å². The summed E-state index contributed by atoms with van der Waals surface area (Å²) in [6.45, 7) is 0. The highest BCUT2D eigenvalue weighted by atomic mass is 16.5. The second kappa shape index (κ2) is 5.30. The third-order valence-corrected chi connectivity index (χ3v) is 2.51. The van der Waals surface area contributed by atoms with E-state index in [1.165, 1.54) is 25.5 Å². The van der Waals surface area contributed by atoms with E-state index in [2.05, 4.69) is 0 Å². The Morgan fingerprint density at radius 3 is 2.68 bits per heavy atom. The van der Waals surface area contributed by atoms with E-state index in [0.29, 0.717) is 11.3 Å². The fraction of sp³-hybridized carbons (Fsp3) is 0.0714. The lowest BCUT2D eigenvalue weighted by Crippen LogP contribution is -1.97. The summed E-state index contributed by atoms with van der Waals surface area (Å²) in [4.78, 5) is 11.2. The Morgan fingerprint density at radius 1 is 1.21 bits per heavy atom. The minimum absolute atomic E-state index is 0.00314. The van der Waals surface area contributed by atoms with Crippen LogP contribution in [0.1, 0.15) is 11.3 Å². The van der Waals surface area contributed by atoms with Crippen molar-refractivity contribution in [3.63, 3.8) is 0 Å². The normalized spacial score (nSPS) is 10.8. The first-order valence-corrected chi connectivity index (χ1v) is 5.47. The van der Waals surface area contributed by atoms with E-state index in [9.17, 15) is 15.0 Å². The van der Waals surface area contributed by atoms with E-state index in [-0.39, 0.29) is 11.5 Å². The molecular formula is C14H12O5. The first-order chi connectivity index (χ1) is 9.11. The Bertz CT molecular complexity index is 670. The quantitative estimate of drug-likeness (QED) is 0.884. The average molecular weight is 260 g/mol. The molecule has 0 amide bonds. The van der Waals surface area contributed by atoms with Gasteiger partial charge in [-0.15, -0.1) is 0 Å². The molecule has 0 spiro atoms. The smallest absolute Gasteiger partial charge is 0.227 e. The molecule has 0 saturated heterocycles. The Labute approximate surface area is 109 Å². The van der Waals surface area contributed by atoms with Gasteiger partial charge in [-0.2, -0.15) is 0 Å². The highest BCUT2D eigenvalue weighted by molar-refractivity contribution is 5.70. The highest BCUT2D eigenvalue weighted by Crippen LogP contribution is 2.27. The van der Waals surface area contributed by atoms with Gasteiger partial charge in [0, 0.05) is 6.07 Å². The second-order valence-electron chi connectivity index (χ2n) is 3.76. The van der Waals surface area contributed by atoms with Crippen molar-refractivity contribution in [2.24, 2.45) is 0 Å². The van der Waals surface area contributed by atoms with Crippen LogP contribution in [0.4, 0.5) is 0 Å². The summed E-state index contributed by atoms with van der Waals surface area (Å²) in [5.74, 6) is -0.0195. The molecule has 0 aliphatic carbocycles. The Morgan fingerprint density at radius 2 is 2.00 bits per heavy atom. The van der Waals surface area contributed by atoms with Gasteiger partial charge in [0.05, 0.1) is 13.4 Å². The third-order valence-electron chi connectivity index (χ3n) is 2.51. The van der Waals surface area contributed by atoms with Crippen LogP contribution in [0.25, 0.3) is 12.2 Å². The molecule has 5 nitrogen and oxygen atoms in total. The molecule has 2 aromatic rings. The van der Waals surface area contributed by atoms with E-state index in [1.54, 1.807) is 18.2 Å². The number of phenols is 1. The Hall–Kier alpha value is -2.69. The predicted octanol–water partition coefficient (Wildman–Crippen LogP) is 2.23. The fourth-order valence-corrected chi connectivity index (χ4v) is 1.53. The summed E-state index contributed by atoms with van der Waals surface area (Å²) in [6, 6.07) is 5.95. The summed E-state index contributed by atoms with van der Waals surface area (Å²) in [6.07, 6.45) is 4.24. The van der Waals surface area contributed by atoms with Crippen LogP contribution in [-0.2, 0) is 0 Å². The molecule has 0 fully saturated rings. The van der Waals surface area contributed by atoms with Crippen molar-refractivity contribution in [3.8, 4) is 17.2 Å². The van der Waals surface area contributed by atoms with Crippen molar-refractivity contribution in [1.82, 2.24) is 0 Å². The molecule has 1 heterocycles. The standard InChI is InChI=1S/C14H12O5/c1-18-12-4-2-9(8-11(12)16)3-5-13-14(17)10(15)6-7-19-13/h2-8,16-17H,1H3/b5-3+. The van der Waals surface area contributed by atoms with E-state index in [4.69, 9.17) is 9.15 Å². The van der Waals surface area contributed by atoms with E-state index < -0.39 is 11.2 Å². The SMILES string of the molecule is COc1ccc(/C=C/c2occc(=O)c2O)cc1O. The van der Waals surface area contributed by atoms with E-state index in [1.807, 2.05) is 0 Å². The number of methoxy groups -OCH3 is 1. The second-order valence-corrected chi connectivity index (χ2v) is 3.76. The van der Waals surface area contributed by atoms with Gasteiger partial charge in [-0.25, -0.2) is 0 Å². The largest absolute Gasteiger partial charge is 0.504 e. The zero-order valence-corrected chi connectivity index (χ0v) is 10.2. The maximum absolute atomic E-state index is 11.2. The minimum Gasteiger partial charge on any atom is -0.504 e. The lowest BCUT2D eigenvalue weighted by Gasteiger charge is -2.03. The monoisotopic (exact) mass is 260 g/mol. The molecular weight excluding hydrogens is 248 g/mol. The van der Waals surface area contributed by atoms with Gasteiger partial charge >= 0.3 is 0 Å². The van der Waals surface area contributed by atoms with Crippen LogP contribution in [0.5, 0.6) is 17.2 Å². The molecule has 1 aromatic heterocycles. The van der Waals surface area contributed by atoms with E-state index >= 15 is 0 Å². The number of phenolic OH excluding ortho intramolecular Hbond substituents is 1. The van der Waals surface area contributed by atoms with Crippen LogP contribution >= 0.6 is 0 Å². The van der Waals surface area contributed by atoms with Crippen molar-refractivity contribution in [1.29, 1.82) is 0 Å². The number of benzene rings is 1. The topological polar surface area (TPSA) is 79.9 Å². The molecule has 0 saturated carbocycles. The zero-order chi connectivity index (χ0) is 13.8. The van der Waals surface area contributed by atoms with Crippen LogP contribution < -0.4 is 10.2 Å². The van der Waals surface area contributed by atoms with Gasteiger partial charge < -0.3 is 19.4 Å². The minimum atomic E-state index is -0.511. The first kappa shape index (κ1) is 12.8. The van der Waals surface area contributed by atoms with Crippen LogP contribution in [0.2, 0.25) is 0 Å². The van der Waals surface area contributed by atoms with Gasteiger partial charge in [0.1, 0.15) is 0 Å². The van der Waals surface area contributed by atoms with Gasteiger partial charge in [-0.1, -0.05) is 12.1 Å². The van der Waals surface area contributed by atoms with Crippen LogP contribution in [-0.4, -0.2) is 17.3 Å². The molecule has 0 aliphatic heterocycles. The lowest BCUT2D eigenvalue weighted by atomic mass is 10.1. The van der Waals surface area contributed by atoms with Crippen LogP contribution in [0.3, 0.4) is 0 Å². The van der Waals surface area contributed by atoms with Crippen molar-refractivity contribution in [3.05, 3.63) is 52.1 Å². The molecule has 2 rings (SSSR count). The predicted molar refractivity (Wildman–Crippen MR) is 70.2 cm³/mol. The fourth-order valence-electron chi connectivity index (χ4n) is 1.53. The first-order valence-electron chi connectivity index (χ1n) is 5.47. The van der Waals surface area contributed by atoms with E-state index in [0.717, 1.165) is 6.07 Å². The maximum atomic E-state index is 11.2.